The maximum atomic E-state index is 3.74. The molecule has 0 aliphatic heterocycles. The highest BCUT2D eigenvalue weighted by Gasteiger charge is 1.99. The van der Waals surface area contributed by atoms with Crippen LogP contribution in [0.15, 0.2) is 36.0 Å². The zero-order chi connectivity index (χ0) is 5.98. The van der Waals surface area contributed by atoms with E-state index in [1.165, 1.54) is 12.0 Å². The van der Waals surface area contributed by atoms with Crippen molar-refractivity contribution in [2.45, 2.75) is 13.3 Å². The van der Waals surface area contributed by atoms with E-state index in [2.05, 4.69) is 18.7 Å². The van der Waals surface area contributed by atoms with E-state index in [-0.39, 0.29) is 0 Å². The largest absolute Gasteiger partial charge is 0.0961 e. The van der Waals surface area contributed by atoms with Crippen molar-refractivity contribution < 1.29 is 0 Å². The van der Waals surface area contributed by atoms with Crippen LogP contribution in [-0.2, 0) is 0 Å². The van der Waals surface area contributed by atoms with Gasteiger partial charge in [0.25, 0.3) is 0 Å². The van der Waals surface area contributed by atoms with E-state index < -0.39 is 0 Å². The second kappa shape index (κ2) is 1.99. The predicted molar refractivity (Wildman–Crippen MR) is 36.7 cm³/mol. The van der Waals surface area contributed by atoms with Crippen LogP contribution in [0.3, 0.4) is 0 Å². The molecule has 0 amide bonds. The Labute approximate surface area is 50.2 Å². The minimum atomic E-state index is 1.12. The molecule has 0 fully saturated rings. The van der Waals surface area contributed by atoms with Crippen molar-refractivity contribution in [3.8, 4) is 0 Å². The summed E-state index contributed by atoms with van der Waals surface area (Å²) in [6, 6.07) is 0. The fourth-order valence-electron chi connectivity index (χ4n) is 0.444. The van der Waals surface area contributed by atoms with Gasteiger partial charge in [0, 0.05) is 0 Å². The van der Waals surface area contributed by atoms with E-state index in [0.717, 1.165) is 5.57 Å². The summed E-state index contributed by atoms with van der Waals surface area (Å²) < 4.78 is 0. The van der Waals surface area contributed by atoms with Crippen molar-refractivity contribution in [2.24, 2.45) is 0 Å². The molecular weight excluding hydrogens is 96.1 g/mol. The van der Waals surface area contributed by atoms with Crippen molar-refractivity contribution in [1.29, 1.82) is 0 Å². The Kier molecular flexibility index (Phi) is 1.34. The first kappa shape index (κ1) is 5.36. The highest BCUT2D eigenvalue weighted by molar-refractivity contribution is 5.36. The van der Waals surface area contributed by atoms with E-state index >= 15 is 0 Å². The van der Waals surface area contributed by atoms with Gasteiger partial charge in [-0.3, -0.25) is 0 Å². The maximum Gasteiger partial charge on any atom is -0.00946 e. The summed E-state index contributed by atoms with van der Waals surface area (Å²) in [6.45, 7) is 5.74. The predicted octanol–water partition coefficient (Wildman–Crippen LogP) is 2.45. The Balaban J connectivity index is 2.34. The SMILES string of the molecule is C=C(C)C=CC1=CC1. The van der Waals surface area contributed by atoms with Crippen LogP contribution in [0.1, 0.15) is 13.3 Å². The topological polar surface area (TPSA) is 0 Å². The van der Waals surface area contributed by atoms with Crippen LogP contribution >= 0.6 is 0 Å². The molecule has 8 heavy (non-hydrogen) atoms. The van der Waals surface area contributed by atoms with Crippen LogP contribution in [0, 0.1) is 0 Å². The first-order valence-electron chi connectivity index (χ1n) is 2.81. The van der Waals surface area contributed by atoms with Crippen molar-refractivity contribution in [2.75, 3.05) is 0 Å². The number of hydrogen-bond acceptors (Lipinski definition) is 0. The summed E-state index contributed by atoms with van der Waals surface area (Å²) in [5.74, 6) is 0. The Morgan fingerprint density at radius 3 is 2.88 bits per heavy atom. The van der Waals surface area contributed by atoms with Crippen LogP contribution in [-0.4, -0.2) is 0 Å². The molecule has 42 valence electrons. The van der Waals surface area contributed by atoms with Crippen LogP contribution < -0.4 is 0 Å². The maximum absolute atomic E-state index is 3.74. The lowest BCUT2D eigenvalue weighted by Gasteiger charge is -1.79. The molecular formula is C8H10. The number of rotatable bonds is 2. The highest BCUT2D eigenvalue weighted by atomic mass is 14.0. The summed E-state index contributed by atoms with van der Waals surface area (Å²) in [4.78, 5) is 0. The molecule has 0 saturated heterocycles. The molecule has 0 unspecified atom stereocenters. The Morgan fingerprint density at radius 2 is 2.50 bits per heavy atom. The van der Waals surface area contributed by atoms with Crippen LogP contribution in [0.5, 0.6) is 0 Å². The zero-order valence-electron chi connectivity index (χ0n) is 5.15. The van der Waals surface area contributed by atoms with Gasteiger partial charge in [0.05, 0.1) is 0 Å². The lowest BCUT2D eigenvalue weighted by molar-refractivity contribution is 1.52. The first-order chi connectivity index (χ1) is 3.79. The van der Waals surface area contributed by atoms with Gasteiger partial charge in [0.1, 0.15) is 0 Å². The molecule has 0 bridgehead atoms. The van der Waals surface area contributed by atoms with Crippen LogP contribution in [0.25, 0.3) is 0 Å². The van der Waals surface area contributed by atoms with Gasteiger partial charge in [-0.2, -0.15) is 0 Å². The van der Waals surface area contributed by atoms with Gasteiger partial charge in [-0.25, -0.2) is 0 Å². The molecule has 0 aromatic carbocycles. The molecule has 0 aromatic rings. The average Bonchev–Trinajstić information content (AvgIpc) is 2.41. The molecule has 0 nitrogen and oxygen atoms in total. The van der Waals surface area contributed by atoms with Gasteiger partial charge >= 0.3 is 0 Å². The van der Waals surface area contributed by atoms with Gasteiger partial charge in [-0.1, -0.05) is 30.4 Å². The summed E-state index contributed by atoms with van der Waals surface area (Å²) in [6.07, 6.45) is 7.53. The fourth-order valence-corrected chi connectivity index (χ4v) is 0.444. The summed E-state index contributed by atoms with van der Waals surface area (Å²) in [5.41, 5.74) is 2.56. The van der Waals surface area contributed by atoms with Gasteiger partial charge in [0.15, 0.2) is 0 Å². The second-order valence-electron chi connectivity index (χ2n) is 2.16. The average molecular weight is 106 g/mol. The lowest BCUT2D eigenvalue weighted by atomic mass is 10.3. The standard InChI is InChI=1S/C8H10/c1-7(2)3-4-8-5-6-8/h3-5H,1,6H2,2H3. The molecule has 1 aliphatic rings. The fraction of sp³-hybridized carbons (Fsp3) is 0.250. The highest BCUT2D eigenvalue weighted by Crippen LogP contribution is 2.19. The minimum absolute atomic E-state index is 1.12. The molecule has 0 heteroatoms. The molecule has 0 atom stereocenters. The van der Waals surface area contributed by atoms with Gasteiger partial charge in [0.2, 0.25) is 0 Å². The Bertz CT molecular complexity index is 155. The molecule has 0 spiro atoms. The van der Waals surface area contributed by atoms with Crippen molar-refractivity contribution in [1.82, 2.24) is 0 Å². The van der Waals surface area contributed by atoms with Gasteiger partial charge < -0.3 is 0 Å². The van der Waals surface area contributed by atoms with E-state index in [0.29, 0.717) is 0 Å². The van der Waals surface area contributed by atoms with E-state index in [1.807, 2.05) is 13.0 Å². The third-order valence-corrected chi connectivity index (χ3v) is 1.02. The monoisotopic (exact) mass is 106 g/mol. The number of hydrogen-bond donors (Lipinski definition) is 0. The Hall–Kier alpha value is -0.780. The van der Waals surface area contributed by atoms with Crippen LogP contribution in [0.2, 0.25) is 0 Å². The third kappa shape index (κ3) is 1.78. The quantitative estimate of drug-likeness (QED) is 0.474. The van der Waals surface area contributed by atoms with Gasteiger partial charge in [-0.05, 0) is 18.9 Å². The molecule has 0 aromatic heterocycles. The minimum Gasteiger partial charge on any atom is -0.0961 e. The lowest BCUT2D eigenvalue weighted by Crippen LogP contribution is -1.58. The smallest absolute Gasteiger partial charge is 0.00946 e. The van der Waals surface area contributed by atoms with Crippen molar-refractivity contribution in [3.63, 3.8) is 0 Å². The molecule has 0 N–H and O–H groups in total. The van der Waals surface area contributed by atoms with E-state index in [4.69, 9.17) is 0 Å². The first-order valence-corrected chi connectivity index (χ1v) is 2.81. The van der Waals surface area contributed by atoms with Crippen molar-refractivity contribution >= 4 is 0 Å². The summed E-state index contributed by atoms with van der Waals surface area (Å²) in [7, 11) is 0. The normalized spacial score (nSPS) is 16.4. The zero-order valence-corrected chi connectivity index (χ0v) is 5.15. The molecule has 1 rings (SSSR count). The molecule has 0 saturated carbocycles. The van der Waals surface area contributed by atoms with Crippen molar-refractivity contribution in [3.05, 3.63) is 36.0 Å². The van der Waals surface area contributed by atoms with E-state index in [1.54, 1.807) is 0 Å². The van der Waals surface area contributed by atoms with E-state index in [9.17, 15) is 0 Å². The molecule has 0 radical (unpaired) electrons. The Morgan fingerprint density at radius 1 is 1.88 bits per heavy atom. The summed E-state index contributed by atoms with van der Waals surface area (Å²) in [5, 5.41) is 0. The van der Waals surface area contributed by atoms with Gasteiger partial charge in [-0.15, -0.1) is 0 Å². The number of allylic oxidation sites excluding steroid dienone is 5. The third-order valence-electron chi connectivity index (χ3n) is 1.02. The second-order valence-corrected chi connectivity index (χ2v) is 2.16. The van der Waals surface area contributed by atoms with Crippen LogP contribution in [0.4, 0.5) is 0 Å². The molecule has 1 aliphatic carbocycles. The summed E-state index contributed by atoms with van der Waals surface area (Å²) >= 11 is 0. The molecule has 0 heterocycles.